The monoisotopic (exact) mass is 212 g/mol. The van der Waals surface area contributed by atoms with Crippen LogP contribution in [0.25, 0.3) is 0 Å². The molecule has 0 spiro atoms. The molecule has 82 valence electrons. The number of carboxylic acid groups (broad SMARTS) is 1. The van der Waals surface area contributed by atoms with Gasteiger partial charge >= 0.3 is 5.97 Å². The topological polar surface area (TPSA) is 92.3 Å². The Kier molecular flexibility index (Phi) is 2.90. The van der Waals surface area contributed by atoms with Crippen molar-refractivity contribution in [3.63, 3.8) is 0 Å². The van der Waals surface area contributed by atoms with Crippen molar-refractivity contribution in [2.45, 2.75) is 19.4 Å². The minimum atomic E-state index is -1.24. The molecule has 1 heterocycles. The van der Waals surface area contributed by atoms with Crippen molar-refractivity contribution in [3.8, 4) is 0 Å². The zero-order chi connectivity index (χ0) is 11.6. The second-order valence-electron chi connectivity index (χ2n) is 3.50. The highest BCUT2D eigenvalue weighted by Gasteiger charge is 2.24. The van der Waals surface area contributed by atoms with Gasteiger partial charge in [-0.05, 0) is 13.8 Å². The third kappa shape index (κ3) is 2.41. The first-order valence-corrected chi connectivity index (χ1v) is 4.27. The van der Waals surface area contributed by atoms with E-state index in [0.717, 1.165) is 6.07 Å². The van der Waals surface area contributed by atoms with Crippen molar-refractivity contribution in [1.82, 2.24) is 9.97 Å². The smallest absolute Gasteiger partial charge is 0.354 e. The van der Waals surface area contributed by atoms with E-state index in [-0.39, 0.29) is 11.5 Å². The third-order valence-electron chi connectivity index (χ3n) is 2.04. The lowest BCUT2D eigenvalue weighted by Gasteiger charge is -2.21. The van der Waals surface area contributed by atoms with Crippen LogP contribution in [-0.4, -0.2) is 28.2 Å². The molecule has 0 aliphatic carbocycles. The van der Waals surface area contributed by atoms with Gasteiger partial charge in [0.15, 0.2) is 5.69 Å². The molecule has 0 fully saturated rings. The predicted octanol–water partition coefficient (Wildman–Crippen LogP) is 0.350. The van der Waals surface area contributed by atoms with E-state index in [1.165, 1.54) is 7.11 Å². The van der Waals surface area contributed by atoms with Crippen LogP contribution >= 0.6 is 0 Å². The summed E-state index contributed by atoms with van der Waals surface area (Å²) >= 11 is 0. The highest BCUT2D eigenvalue weighted by molar-refractivity contribution is 5.85. The lowest BCUT2D eigenvalue weighted by molar-refractivity contribution is 0.0110. The first-order chi connectivity index (χ1) is 6.86. The summed E-state index contributed by atoms with van der Waals surface area (Å²) in [5.74, 6) is -1.05. The Balaban J connectivity index is 3.33. The van der Waals surface area contributed by atoms with Crippen molar-refractivity contribution in [3.05, 3.63) is 27.9 Å². The summed E-state index contributed by atoms with van der Waals surface area (Å²) in [6, 6.07) is 0.928. The first-order valence-electron chi connectivity index (χ1n) is 4.27. The van der Waals surface area contributed by atoms with Crippen LogP contribution in [0, 0.1) is 0 Å². The minimum Gasteiger partial charge on any atom is -0.477 e. The Labute approximate surface area is 85.9 Å². The molecule has 0 aliphatic rings. The standard InChI is InChI=1S/C9H12N2O4/c1-9(2,15-3)8-10-5(7(13)14)4-6(12)11-8/h4H,1-3H3,(H,13,14)(H,10,11,12). The van der Waals surface area contributed by atoms with Gasteiger partial charge in [-0.25, -0.2) is 9.78 Å². The number of ether oxygens (including phenoxy) is 1. The van der Waals surface area contributed by atoms with E-state index in [0.29, 0.717) is 0 Å². The fourth-order valence-electron chi connectivity index (χ4n) is 0.949. The fourth-order valence-corrected chi connectivity index (χ4v) is 0.949. The van der Waals surface area contributed by atoms with Crippen molar-refractivity contribution in [1.29, 1.82) is 0 Å². The SMILES string of the molecule is COC(C)(C)c1nc(C(=O)O)cc(=O)[nH]1. The molecule has 6 nitrogen and oxygen atoms in total. The zero-order valence-corrected chi connectivity index (χ0v) is 8.70. The number of methoxy groups -OCH3 is 1. The molecule has 0 radical (unpaired) electrons. The van der Waals surface area contributed by atoms with E-state index >= 15 is 0 Å². The van der Waals surface area contributed by atoms with Crippen LogP contribution in [0.2, 0.25) is 0 Å². The Hall–Kier alpha value is -1.69. The third-order valence-corrected chi connectivity index (χ3v) is 2.04. The van der Waals surface area contributed by atoms with Gasteiger partial charge in [-0.1, -0.05) is 0 Å². The van der Waals surface area contributed by atoms with E-state index in [9.17, 15) is 9.59 Å². The van der Waals surface area contributed by atoms with Crippen LogP contribution in [0.5, 0.6) is 0 Å². The zero-order valence-electron chi connectivity index (χ0n) is 8.70. The van der Waals surface area contributed by atoms with Crippen molar-refractivity contribution < 1.29 is 14.6 Å². The molecule has 0 aromatic carbocycles. The van der Waals surface area contributed by atoms with E-state index < -0.39 is 17.1 Å². The molecule has 0 bridgehead atoms. The summed E-state index contributed by atoms with van der Waals surface area (Å²) in [5, 5.41) is 8.72. The molecule has 1 aromatic heterocycles. The van der Waals surface area contributed by atoms with Crippen molar-refractivity contribution in [2.24, 2.45) is 0 Å². The number of hydrogen-bond acceptors (Lipinski definition) is 4. The average molecular weight is 212 g/mol. The number of rotatable bonds is 3. The van der Waals surface area contributed by atoms with Gasteiger partial charge in [-0.3, -0.25) is 4.79 Å². The van der Waals surface area contributed by atoms with Gasteiger partial charge in [0.2, 0.25) is 0 Å². The lowest BCUT2D eigenvalue weighted by atomic mass is 10.1. The molecule has 0 saturated carbocycles. The van der Waals surface area contributed by atoms with Gasteiger partial charge in [0.05, 0.1) is 0 Å². The van der Waals surface area contributed by atoms with Crippen molar-refractivity contribution in [2.75, 3.05) is 7.11 Å². The highest BCUT2D eigenvalue weighted by atomic mass is 16.5. The van der Waals surface area contributed by atoms with Crippen LogP contribution in [0.3, 0.4) is 0 Å². The predicted molar refractivity (Wildman–Crippen MR) is 51.9 cm³/mol. The summed E-state index contributed by atoms with van der Waals surface area (Å²) in [4.78, 5) is 28.1. The van der Waals surface area contributed by atoms with Gasteiger partial charge in [-0.15, -0.1) is 0 Å². The molecule has 0 atom stereocenters. The Morgan fingerprint density at radius 1 is 1.60 bits per heavy atom. The number of hydrogen-bond donors (Lipinski definition) is 2. The molecule has 0 unspecified atom stereocenters. The highest BCUT2D eigenvalue weighted by Crippen LogP contribution is 2.18. The second-order valence-corrected chi connectivity index (χ2v) is 3.50. The van der Waals surface area contributed by atoms with Crippen LogP contribution in [0.15, 0.2) is 10.9 Å². The first kappa shape index (κ1) is 11.4. The van der Waals surface area contributed by atoms with Crippen LogP contribution in [0.4, 0.5) is 0 Å². The summed E-state index contributed by atoms with van der Waals surface area (Å²) < 4.78 is 5.09. The molecule has 2 N–H and O–H groups in total. The summed E-state index contributed by atoms with van der Waals surface area (Å²) in [7, 11) is 1.45. The number of carboxylic acids is 1. The van der Waals surface area contributed by atoms with Gasteiger partial charge in [-0.2, -0.15) is 0 Å². The molecule has 15 heavy (non-hydrogen) atoms. The molecule has 6 heteroatoms. The fraction of sp³-hybridized carbons (Fsp3) is 0.444. The maximum absolute atomic E-state index is 11.2. The molecule has 0 amide bonds. The number of aromatic nitrogens is 2. The molecular formula is C9H12N2O4. The largest absolute Gasteiger partial charge is 0.477 e. The number of aromatic amines is 1. The van der Waals surface area contributed by atoms with E-state index in [4.69, 9.17) is 9.84 Å². The van der Waals surface area contributed by atoms with Gasteiger partial charge in [0.1, 0.15) is 11.4 Å². The van der Waals surface area contributed by atoms with Crippen LogP contribution < -0.4 is 5.56 Å². The molecule has 0 saturated heterocycles. The molecule has 0 aliphatic heterocycles. The van der Waals surface area contributed by atoms with Gasteiger partial charge < -0.3 is 14.8 Å². The second kappa shape index (κ2) is 3.82. The molecular weight excluding hydrogens is 200 g/mol. The van der Waals surface area contributed by atoms with Crippen LogP contribution in [-0.2, 0) is 10.3 Å². The van der Waals surface area contributed by atoms with E-state index in [1.54, 1.807) is 13.8 Å². The average Bonchev–Trinajstić information content (AvgIpc) is 2.16. The summed E-state index contributed by atoms with van der Waals surface area (Å²) in [5.41, 5.74) is -1.63. The minimum absolute atomic E-state index is 0.190. The van der Waals surface area contributed by atoms with Crippen molar-refractivity contribution >= 4 is 5.97 Å². The van der Waals surface area contributed by atoms with Gasteiger partial charge in [0.25, 0.3) is 5.56 Å². The summed E-state index contributed by atoms with van der Waals surface area (Å²) in [6.07, 6.45) is 0. The number of aromatic carboxylic acids is 1. The molecule has 1 rings (SSSR count). The maximum Gasteiger partial charge on any atom is 0.354 e. The maximum atomic E-state index is 11.2. The van der Waals surface area contributed by atoms with Gasteiger partial charge in [0, 0.05) is 13.2 Å². The molecule has 1 aromatic rings. The van der Waals surface area contributed by atoms with E-state index in [1.807, 2.05) is 0 Å². The normalized spacial score (nSPS) is 11.4. The quantitative estimate of drug-likeness (QED) is 0.754. The number of carbonyl (C=O) groups is 1. The van der Waals surface area contributed by atoms with Crippen LogP contribution in [0.1, 0.15) is 30.2 Å². The lowest BCUT2D eigenvalue weighted by Crippen LogP contribution is -2.28. The Morgan fingerprint density at radius 2 is 2.20 bits per heavy atom. The number of nitrogens with zero attached hydrogens (tertiary/aromatic N) is 1. The summed E-state index contributed by atoms with van der Waals surface area (Å²) in [6.45, 7) is 3.35. The Bertz CT molecular complexity index is 436. The Morgan fingerprint density at radius 3 is 2.67 bits per heavy atom. The number of nitrogens with one attached hydrogen (secondary N) is 1. The number of H-pyrrole nitrogens is 1. The van der Waals surface area contributed by atoms with E-state index in [2.05, 4.69) is 9.97 Å².